The lowest BCUT2D eigenvalue weighted by atomic mass is 9.85. The van der Waals surface area contributed by atoms with Crippen LogP contribution in [-0.4, -0.2) is 35.5 Å². The molecule has 0 amide bonds. The standard InChI is InChI=1S/C21H32O4/c1-15-8-6-11-20(3,23)12-7-13-21(4)18(25-21)14-17(10-9-15)16(2)19(22)24-5/h7-8,12,17-18,23H,2,6,9-11,13-14H2,1,3-5H3/b12-7?,15-8+/t17-,18+,20+,21+/m0/s1. The molecule has 0 unspecified atom stereocenters. The summed E-state index contributed by atoms with van der Waals surface area (Å²) >= 11 is 0. The van der Waals surface area contributed by atoms with Crippen LogP contribution in [0.2, 0.25) is 0 Å². The molecule has 0 spiro atoms. The summed E-state index contributed by atoms with van der Waals surface area (Å²) in [5.74, 6) is -0.260. The second-order valence-corrected chi connectivity index (χ2v) is 7.96. The summed E-state index contributed by atoms with van der Waals surface area (Å²) in [6.45, 7) is 10.0. The molecule has 25 heavy (non-hydrogen) atoms. The Morgan fingerprint density at radius 2 is 2.16 bits per heavy atom. The van der Waals surface area contributed by atoms with E-state index in [1.54, 1.807) is 0 Å². The number of hydrogen-bond donors (Lipinski definition) is 1. The number of esters is 1. The van der Waals surface area contributed by atoms with Crippen molar-refractivity contribution in [2.45, 2.75) is 76.6 Å². The molecule has 1 fully saturated rings. The number of hydrogen-bond acceptors (Lipinski definition) is 4. The number of methoxy groups -OCH3 is 1. The van der Waals surface area contributed by atoms with Crippen molar-refractivity contribution < 1.29 is 19.4 Å². The maximum absolute atomic E-state index is 11.9. The van der Waals surface area contributed by atoms with Gasteiger partial charge in [0.15, 0.2) is 0 Å². The predicted molar refractivity (Wildman–Crippen MR) is 99.1 cm³/mol. The van der Waals surface area contributed by atoms with Crippen LogP contribution in [0.4, 0.5) is 0 Å². The Hall–Kier alpha value is -1.39. The van der Waals surface area contributed by atoms with Gasteiger partial charge in [-0.1, -0.05) is 30.4 Å². The molecule has 1 saturated heterocycles. The van der Waals surface area contributed by atoms with Gasteiger partial charge in [-0.15, -0.1) is 0 Å². The largest absolute Gasteiger partial charge is 0.466 e. The number of aliphatic hydroxyl groups is 1. The van der Waals surface area contributed by atoms with E-state index in [2.05, 4.69) is 26.5 Å². The highest BCUT2D eigenvalue weighted by atomic mass is 16.6. The zero-order valence-electron chi connectivity index (χ0n) is 16.0. The summed E-state index contributed by atoms with van der Waals surface area (Å²) in [5.41, 5.74) is 0.817. The fraction of sp³-hybridized carbons (Fsp3) is 0.667. The number of allylic oxidation sites excluding steroid dienone is 2. The Bertz CT molecular complexity index is 572. The van der Waals surface area contributed by atoms with Crippen molar-refractivity contribution in [2.24, 2.45) is 5.92 Å². The lowest BCUT2D eigenvalue weighted by Crippen LogP contribution is -2.21. The Balaban J connectivity index is 2.15. The van der Waals surface area contributed by atoms with Crippen LogP contribution in [0.3, 0.4) is 0 Å². The van der Waals surface area contributed by atoms with E-state index in [1.807, 2.05) is 19.1 Å². The lowest BCUT2D eigenvalue weighted by molar-refractivity contribution is -0.136. The Labute approximate surface area is 151 Å². The Morgan fingerprint density at radius 3 is 2.84 bits per heavy atom. The first-order valence-corrected chi connectivity index (χ1v) is 9.17. The molecule has 0 bridgehead atoms. The van der Waals surface area contributed by atoms with Gasteiger partial charge >= 0.3 is 5.97 Å². The van der Waals surface area contributed by atoms with Gasteiger partial charge in [-0.3, -0.25) is 0 Å². The molecule has 0 aromatic heterocycles. The van der Waals surface area contributed by atoms with Crippen LogP contribution < -0.4 is 0 Å². The van der Waals surface area contributed by atoms with Crippen LogP contribution in [-0.2, 0) is 14.3 Å². The van der Waals surface area contributed by atoms with Gasteiger partial charge < -0.3 is 14.6 Å². The third-order valence-corrected chi connectivity index (χ3v) is 5.50. The van der Waals surface area contributed by atoms with E-state index in [4.69, 9.17) is 9.47 Å². The molecule has 1 aliphatic carbocycles. The fourth-order valence-corrected chi connectivity index (χ4v) is 3.50. The lowest BCUT2D eigenvalue weighted by Gasteiger charge is -2.20. The number of carbonyl (C=O) groups is 1. The topological polar surface area (TPSA) is 59.1 Å². The van der Waals surface area contributed by atoms with E-state index in [-0.39, 0.29) is 23.6 Å². The highest BCUT2D eigenvalue weighted by Crippen LogP contribution is 2.45. The maximum Gasteiger partial charge on any atom is 0.333 e. The van der Waals surface area contributed by atoms with E-state index < -0.39 is 5.60 Å². The van der Waals surface area contributed by atoms with E-state index in [0.717, 1.165) is 32.1 Å². The quantitative estimate of drug-likeness (QED) is 0.353. The summed E-state index contributed by atoms with van der Waals surface area (Å²) in [7, 11) is 1.40. The van der Waals surface area contributed by atoms with Gasteiger partial charge in [0.2, 0.25) is 0 Å². The van der Waals surface area contributed by atoms with Crippen molar-refractivity contribution >= 4 is 5.97 Å². The van der Waals surface area contributed by atoms with Crippen molar-refractivity contribution in [3.05, 3.63) is 36.0 Å². The van der Waals surface area contributed by atoms with Gasteiger partial charge in [0.1, 0.15) is 0 Å². The second kappa shape index (κ2) is 7.88. The Kier molecular flexibility index (Phi) is 6.28. The first-order valence-electron chi connectivity index (χ1n) is 9.17. The number of carbonyl (C=O) groups excluding carboxylic acids is 1. The molecular formula is C21H32O4. The monoisotopic (exact) mass is 348 g/mol. The third kappa shape index (κ3) is 5.55. The molecule has 1 N–H and O–H groups in total. The molecular weight excluding hydrogens is 316 g/mol. The van der Waals surface area contributed by atoms with Gasteiger partial charge in [-0.05, 0) is 65.2 Å². The first kappa shape index (κ1) is 19.9. The first-order chi connectivity index (χ1) is 11.7. The highest BCUT2D eigenvalue weighted by Gasteiger charge is 2.52. The molecule has 1 heterocycles. The molecule has 0 aromatic rings. The molecule has 4 nitrogen and oxygen atoms in total. The van der Waals surface area contributed by atoms with E-state index in [9.17, 15) is 9.90 Å². The normalized spacial score (nSPS) is 38.7. The van der Waals surface area contributed by atoms with Gasteiger partial charge in [0.25, 0.3) is 0 Å². The van der Waals surface area contributed by atoms with Crippen LogP contribution in [0.5, 0.6) is 0 Å². The summed E-state index contributed by atoms with van der Waals surface area (Å²) in [4.78, 5) is 11.9. The molecule has 4 atom stereocenters. The molecule has 1 aliphatic heterocycles. The molecule has 2 rings (SSSR count). The van der Waals surface area contributed by atoms with Crippen LogP contribution in [0.1, 0.15) is 59.3 Å². The molecule has 0 aromatic carbocycles. The second-order valence-electron chi connectivity index (χ2n) is 7.96. The molecule has 0 saturated carbocycles. The van der Waals surface area contributed by atoms with E-state index in [1.165, 1.54) is 12.7 Å². The molecule has 2 aliphatic rings. The minimum atomic E-state index is -0.788. The average molecular weight is 348 g/mol. The number of rotatable bonds is 2. The van der Waals surface area contributed by atoms with Crippen LogP contribution in [0.15, 0.2) is 36.0 Å². The van der Waals surface area contributed by atoms with Crippen molar-refractivity contribution in [3.63, 3.8) is 0 Å². The van der Waals surface area contributed by atoms with Crippen LogP contribution in [0.25, 0.3) is 0 Å². The number of fused-ring (bicyclic) bond motifs is 1. The van der Waals surface area contributed by atoms with E-state index >= 15 is 0 Å². The SMILES string of the molecule is C=C(C(=O)OC)[C@H]1CC/C(C)=C/CC[C@@](C)(O)C=CC[C@@]2(C)O[C@@H]2C1. The predicted octanol–water partition coefficient (Wildman–Crippen LogP) is 4.10. The number of epoxide rings is 1. The smallest absolute Gasteiger partial charge is 0.333 e. The summed E-state index contributed by atoms with van der Waals surface area (Å²) in [5, 5.41) is 10.4. The van der Waals surface area contributed by atoms with Gasteiger partial charge in [-0.2, -0.15) is 0 Å². The summed E-state index contributed by atoms with van der Waals surface area (Å²) in [6.07, 6.45) is 11.0. The molecule has 0 radical (unpaired) electrons. The van der Waals surface area contributed by atoms with E-state index in [0.29, 0.717) is 12.0 Å². The Morgan fingerprint density at radius 1 is 1.44 bits per heavy atom. The van der Waals surface area contributed by atoms with Crippen LogP contribution >= 0.6 is 0 Å². The number of ether oxygens (including phenoxy) is 2. The molecule has 140 valence electrons. The van der Waals surface area contributed by atoms with Crippen molar-refractivity contribution in [3.8, 4) is 0 Å². The zero-order valence-corrected chi connectivity index (χ0v) is 16.0. The average Bonchev–Trinajstić information content (AvgIpc) is 3.18. The third-order valence-electron chi connectivity index (χ3n) is 5.50. The summed E-state index contributed by atoms with van der Waals surface area (Å²) < 4.78 is 10.8. The molecule has 4 heteroatoms. The van der Waals surface area contributed by atoms with Crippen molar-refractivity contribution in [1.82, 2.24) is 0 Å². The minimum Gasteiger partial charge on any atom is -0.466 e. The van der Waals surface area contributed by atoms with Gasteiger partial charge in [-0.25, -0.2) is 4.79 Å². The van der Waals surface area contributed by atoms with Crippen molar-refractivity contribution in [1.29, 1.82) is 0 Å². The fourth-order valence-electron chi connectivity index (χ4n) is 3.50. The minimum absolute atomic E-state index is 0.0673. The maximum atomic E-state index is 11.9. The highest BCUT2D eigenvalue weighted by molar-refractivity contribution is 5.88. The zero-order chi connectivity index (χ0) is 18.7. The van der Waals surface area contributed by atoms with Gasteiger partial charge in [0.05, 0.1) is 24.4 Å². The van der Waals surface area contributed by atoms with Crippen molar-refractivity contribution in [2.75, 3.05) is 7.11 Å². The van der Waals surface area contributed by atoms with Gasteiger partial charge in [0, 0.05) is 5.57 Å². The summed E-state index contributed by atoms with van der Waals surface area (Å²) in [6, 6.07) is 0. The van der Waals surface area contributed by atoms with Crippen LogP contribution in [0, 0.1) is 5.92 Å².